The zero-order chi connectivity index (χ0) is 17.9. The van der Waals surface area contributed by atoms with Crippen LogP contribution in [-0.2, 0) is 0 Å². The van der Waals surface area contributed by atoms with Gasteiger partial charge in [0.1, 0.15) is 0 Å². The molecule has 0 spiro atoms. The van der Waals surface area contributed by atoms with Crippen LogP contribution in [0.4, 0.5) is 0 Å². The first-order valence-corrected chi connectivity index (χ1v) is 15.3. The molecule has 0 aliphatic heterocycles. The maximum atomic E-state index is 2.50. The summed E-state index contributed by atoms with van der Waals surface area (Å²) in [5.41, 5.74) is 0. The number of rotatable bonds is 19. The summed E-state index contributed by atoms with van der Waals surface area (Å²) in [6, 6.07) is 1.53. The Morgan fingerprint density at radius 1 is 0.375 bits per heavy atom. The van der Waals surface area contributed by atoms with E-state index in [-0.39, 0.29) is 0 Å². The van der Waals surface area contributed by atoms with Gasteiger partial charge in [0.2, 0.25) is 0 Å². The maximum absolute atomic E-state index is 2.50. The van der Waals surface area contributed by atoms with E-state index >= 15 is 0 Å². The summed E-state index contributed by atoms with van der Waals surface area (Å²) in [6.45, 7) is 9.80. The minimum absolute atomic E-state index is 0.768. The molecule has 0 bridgehead atoms. The van der Waals surface area contributed by atoms with Crippen molar-refractivity contribution < 1.29 is 0 Å². The Bertz CT molecular complexity index is 229. The van der Waals surface area contributed by atoms with Gasteiger partial charge in [0.05, 0.1) is 0 Å². The molecule has 0 atom stereocenters. The van der Waals surface area contributed by atoms with Gasteiger partial charge in [0.15, 0.2) is 0 Å². The van der Waals surface area contributed by atoms with Crippen molar-refractivity contribution in [3.8, 4) is 0 Å². The zero-order valence-electron chi connectivity index (χ0n) is 17.9. The summed E-state index contributed by atoms with van der Waals surface area (Å²) in [7, 11) is -0.768. The normalized spacial score (nSPS) is 12.0. The summed E-state index contributed by atoms with van der Waals surface area (Å²) in [6.07, 6.45) is 26.6. The molecular formula is C23H50Si. The average Bonchev–Trinajstić information content (AvgIpc) is 2.52. The summed E-state index contributed by atoms with van der Waals surface area (Å²) in [4.78, 5) is 0. The highest BCUT2D eigenvalue weighted by Gasteiger charge is 2.11. The molecule has 0 aliphatic rings. The van der Waals surface area contributed by atoms with Crippen molar-refractivity contribution in [3.63, 3.8) is 0 Å². The highest BCUT2D eigenvalue weighted by molar-refractivity contribution is 6.76. The lowest BCUT2D eigenvalue weighted by atomic mass is 10.0. The molecule has 0 saturated heterocycles. The molecule has 0 fully saturated rings. The molecular weight excluding hydrogens is 304 g/mol. The van der Waals surface area contributed by atoms with Gasteiger partial charge in [-0.15, -0.1) is 0 Å². The van der Waals surface area contributed by atoms with Crippen LogP contribution in [0.25, 0.3) is 0 Å². The van der Waals surface area contributed by atoms with Crippen LogP contribution in [0.15, 0.2) is 0 Å². The van der Waals surface area contributed by atoms with Crippen LogP contribution in [0.5, 0.6) is 0 Å². The Kier molecular flexibility index (Phi) is 18.2. The molecule has 0 saturated carbocycles. The molecule has 0 unspecified atom stereocenters. The number of hydrogen-bond acceptors (Lipinski definition) is 0. The first-order chi connectivity index (χ1) is 11.6. The second-order valence-electron chi connectivity index (χ2n) is 9.32. The van der Waals surface area contributed by atoms with E-state index in [1.807, 2.05) is 0 Å². The largest absolute Gasteiger partial charge is 0.0695 e. The average molecular weight is 355 g/mol. The van der Waals surface area contributed by atoms with Crippen LogP contribution >= 0.6 is 0 Å². The Morgan fingerprint density at radius 3 is 0.875 bits per heavy atom. The monoisotopic (exact) mass is 354 g/mol. The van der Waals surface area contributed by atoms with E-state index < -0.39 is 8.07 Å². The molecule has 24 heavy (non-hydrogen) atoms. The van der Waals surface area contributed by atoms with Crippen molar-refractivity contribution in [3.05, 3.63) is 0 Å². The van der Waals surface area contributed by atoms with Gasteiger partial charge in [-0.05, 0) is 0 Å². The molecule has 0 heterocycles. The molecule has 0 aromatic carbocycles. The van der Waals surface area contributed by atoms with Crippen LogP contribution in [0.2, 0.25) is 25.7 Å². The van der Waals surface area contributed by atoms with Crippen molar-refractivity contribution >= 4 is 8.07 Å². The van der Waals surface area contributed by atoms with E-state index in [0.29, 0.717) is 0 Å². The SMILES string of the molecule is CCCCCCCCCCCCCCCCCCCC[Si](C)(C)C. The molecule has 1 heteroatoms. The van der Waals surface area contributed by atoms with E-state index in [9.17, 15) is 0 Å². The van der Waals surface area contributed by atoms with E-state index in [4.69, 9.17) is 0 Å². The van der Waals surface area contributed by atoms with Crippen molar-refractivity contribution in [2.24, 2.45) is 0 Å². The van der Waals surface area contributed by atoms with Gasteiger partial charge in [-0.2, -0.15) is 0 Å². The van der Waals surface area contributed by atoms with E-state index in [0.717, 1.165) is 0 Å². The highest BCUT2D eigenvalue weighted by Crippen LogP contribution is 2.17. The standard InChI is InChI=1S/C23H50Si/c1-5-6-7-8-9-10-11-12-13-14-15-16-17-18-19-20-21-22-23-24(2,3)4/h5-23H2,1-4H3. The number of unbranched alkanes of at least 4 members (excludes halogenated alkanes) is 17. The van der Waals surface area contributed by atoms with Gasteiger partial charge in [0.25, 0.3) is 0 Å². The molecule has 0 aromatic rings. The second kappa shape index (κ2) is 18.0. The van der Waals surface area contributed by atoms with Crippen LogP contribution in [-0.4, -0.2) is 8.07 Å². The lowest BCUT2D eigenvalue weighted by molar-refractivity contribution is 0.526. The third kappa shape index (κ3) is 22.2. The van der Waals surface area contributed by atoms with E-state index in [2.05, 4.69) is 26.6 Å². The van der Waals surface area contributed by atoms with Crippen LogP contribution in [0, 0.1) is 0 Å². The summed E-state index contributed by atoms with van der Waals surface area (Å²) < 4.78 is 0. The van der Waals surface area contributed by atoms with Crippen LogP contribution < -0.4 is 0 Å². The van der Waals surface area contributed by atoms with Crippen molar-refractivity contribution in [2.45, 2.75) is 148 Å². The molecule has 0 nitrogen and oxygen atoms in total. The van der Waals surface area contributed by atoms with E-state index in [1.165, 1.54) is 122 Å². The van der Waals surface area contributed by atoms with Crippen molar-refractivity contribution in [2.75, 3.05) is 0 Å². The third-order valence-corrected chi connectivity index (χ3v) is 7.13. The fraction of sp³-hybridized carbons (Fsp3) is 1.00. The fourth-order valence-corrected chi connectivity index (χ4v) is 4.87. The second-order valence-corrected chi connectivity index (χ2v) is 14.9. The van der Waals surface area contributed by atoms with Gasteiger partial charge < -0.3 is 0 Å². The minimum Gasteiger partial charge on any atom is -0.0695 e. The minimum atomic E-state index is -0.768. The maximum Gasteiger partial charge on any atom is 0.0442 e. The van der Waals surface area contributed by atoms with Crippen molar-refractivity contribution in [1.29, 1.82) is 0 Å². The summed E-state index contributed by atoms with van der Waals surface area (Å²) in [5, 5.41) is 0. The molecule has 0 amide bonds. The third-order valence-electron chi connectivity index (χ3n) is 5.28. The molecule has 0 radical (unpaired) electrons. The molecule has 146 valence electrons. The molecule has 0 aromatic heterocycles. The van der Waals surface area contributed by atoms with Gasteiger partial charge in [-0.3, -0.25) is 0 Å². The smallest absolute Gasteiger partial charge is 0.0442 e. The Labute approximate surface area is 156 Å². The predicted molar refractivity (Wildman–Crippen MR) is 117 cm³/mol. The topological polar surface area (TPSA) is 0 Å². The Balaban J connectivity index is 3.00. The quantitative estimate of drug-likeness (QED) is 0.160. The Hall–Kier alpha value is 0.217. The first kappa shape index (κ1) is 24.2. The lowest BCUT2D eigenvalue weighted by Crippen LogP contribution is -2.18. The molecule has 0 aliphatic carbocycles. The number of hydrogen-bond donors (Lipinski definition) is 0. The van der Waals surface area contributed by atoms with Gasteiger partial charge in [-0.25, -0.2) is 0 Å². The molecule has 0 N–H and O–H groups in total. The first-order valence-electron chi connectivity index (χ1n) is 11.6. The highest BCUT2D eigenvalue weighted by atomic mass is 28.3. The van der Waals surface area contributed by atoms with Crippen LogP contribution in [0.1, 0.15) is 122 Å². The van der Waals surface area contributed by atoms with Gasteiger partial charge >= 0.3 is 0 Å². The predicted octanol–water partition coefficient (Wildman–Crippen LogP) is 9.37. The van der Waals surface area contributed by atoms with Gasteiger partial charge in [-0.1, -0.05) is 148 Å². The molecule has 0 rings (SSSR count). The Morgan fingerprint density at radius 2 is 0.625 bits per heavy atom. The fourth-order valence-electron chi connectivity index (χ4n) is 3.56. The van der Waals surface area contributed by atoms with Crippen LogP contribution in [0.3, 0.4) is 0 Å². The summed E-state index contributed by atoms with van der Waals surface area (Å²) >= 11 is 0. The summed E-state index contributed by atoms with van der Waals surface area (Å²) in [5.74, 6) is 0. The lowest BCUT2D eigenvalue weighted by Gasteiger charge is -2.14. The van der Waals surface area contributed by atoms with Gasteiger partial charge in [0, 0.05) is 8.07 Å². The van der Waals surface area contributed by atoms with Crippen molar-refractivity contribution in [1.82, 2.24) is 0 Å². The zero-order valence-corrected chi connectivity index (χ0v) is 18.9. The van der Waals surface area contributed by atoms with E-state index in [1.54, 1.807) is 0 Å².